The second-order valence-electron chi connectivity index (χ2n) is 7.54. The van der Waals surface area contributed by atoms with E-state index < -0.39 is 45.1 Å². The zero-order valence-corrected chi connectivity index (χ0v) is 17.1. The van der Waals surface area contributed by atoms with Gasteiger partial charge in [0.1, 0.15) is 11.6 Å². The van der Waals surface area contributed by atoms with E-state index >= 15 is 0 Å². The third kappa shape index (κ3) is 4.92. The number of sulfonamides is 1. The van der Waals surface area contributed by atoms with Crippen LogP contribution < -0.4 is 5.32 Å². The number of hydrogen-bond acceptors (Lipinski definition) is 4. The highest BCUT2D eigenvalue weighted by atomic mass is 32.2. The number of amides is 2. The summed E-state index contributed by atoms with van der Waals surface area (Å²) in [6, 6.07) is 2.14. The second kappa shape index (κ2) is 8.74. The minimum atomic E-state index is -3.63. The highest BCUT2D eigenvalue weighted by Gasteiger charge is 2.39. The standard InChI is InChI=1S/C19H25F2N3O4S/c1-29(27,28)24-11-10-23(19(26)15-12-13(20)6-7-16(15)21)9-8-22-18(25)14-4-2-3-5-17(14)24/h6-7,12,14,17H,2-5,8-11H2,1H3,(H,22,25)/t14-,17+/m0/s1. The van der Waals surface area contributed by atoms with Crippen molar-refractivity contribution in [1.29, 1.82) is 0 Å². The van der Waals surface area contributed by atoms with Crippen LogP contribution in [0.1, 0.15) is 36.0 Å². The van der Waals surface area contributed by atoms with Crippen molar-refractivity contribution in [1.82, 2.24) is 14.5 Å². The molecule has 10 heteroatoms. The van der Waals surface area contributed by atoms with Gasteiger partial charge >= 0.3 is 0 Å². The Bertz CT molecular complexity index is 893. The second-order valence-corrected chi connectivity index (χ2v) is 9.47. The van der Waals surface area contributed by atoms with Crippen LogP contribution in [0.3, 0.4) is 0 Å². The van der Waals surface area contributed by atoms with Gasteiger partial charge in [-0.2, -0.15) is 4.31 Å². The van der Waals surface area contributed by atoms with Crippen LogP contribution in [0.2, 0.25) is 0 Å². The summed E-state index contributed by atoms with van der Waals surface area (Å²) in [6.45, 7) is 0.232. The Morgan fingerprint density at radius 3 is 2.59 bits per heavy atom. The molecular formula is C19H25F2N3O4S. The van der Waals surface area contributed by atoms with Crippen molar-refractivity contribution in [3.8, 4) is 0 Å². The topological polar surface area (TPSA) is 86.8 Å². The van der Waals surface area contributed by atoms with E-state index in [4.69, 9.17) is 0 Å². The lowest BCUT2D eigenvalue weighted by Gasteiger charge is -2.39. The minimum Gasteiger partial charge on any atom is -0.354 e. The van der Waals surface area contributed by atoms with Crippen LogP contribution in [0.25, 0.3) is 0 Å². The number of hydrogen-bond donors (Lipinski definition) is 1. The number of rotatable bonds is 2. The molecule has 1 aromatic rings. The molecular weight excluding hydrogens is 404 g/mol. The molecule has 1 heterocycles. The Morgan fingerprint density at radius 2 is 1.86 bits per heavy atom. The fourth-order valence-corrected chi connectivity index (χ4v) is 5.31. The predicted octanol–water partition coefficient (Wildman–Crippen LogP) is 1.36. The lowest BCUT2D eigenvalue weighted by atomic mass is 9.83. The first-order chi connectivity index (χ1) is 13.7. The molecule has 1 aliphatic heterocycles. The molecule has 0 unspecified atom stereocenters. The molecule has 1 aliphatic carbocycles. The molecule has 1 aromatic carbocycles. The van der Waals surface area contributed by atoms with Crippen molar-refractivity contribution < 1.29 is 26.8 Å². The predicted molar refractivity (Wildman–Crippen MR) is 103 cm³/mol. The van der Waals surface area contributed by atoms with E-state index in [9.17, 15) is 26.8 Å². The maximum Gasteiger partial charge on any atom is 0.257 e. The molecule has 2 aliphatic rings. The molecule has 2 fully saturated rings. The van der Waals surface area contributed by atoms with Gasteiger partial charge in [0.05, 0.1) is 17.7 Å². The molecule has 0 spiro atoms. The summed E-state index contributed by atoms with van der Waals surface area (Å²) in [6.07, 6.45) is 3.94. The van der Waals surface area contributed by atoms with E-state index in [1.807, 2.05) is 0 Å². The van der Waals surface area contributed by atoms with Crippen LogP contribution in [-0.4, -0.2) is 67.9 Å². The van der Waals surface area contributed by atoms with E-state index in [0.29, 0.717) is 12.8 Å². The molecule has 7 nitrogen and oxygen atoms in total. The number of nitrogens with zero attached hydrogens (tertiary/aromatic N) is 2. The Kier molecular flexibility index (Phi) is 6.52. The molecule has 0 radical (unpaired) electrons. The van der Waals surface area contributed by atoms with Crippen molar-refractivity contribution in [3.63, 3.8) is 0 Å². The zero-order chi connectivity index (χ0) is 21.2. The molecule has 29 heavy (non-hydrogen) atoms. The van der Waals surface area contributed by atoms with Gasteiger partial charge in [-0.05, 0) is 31.0 Å². The molecule has 2 amide bonds. The summed E-state index contributed by atoms with van der Waals surface area (Å²) in [5.41, 5.74) is -0.421. The highest BCUT2D eigenvalue weighted by Crippen LogP contribution is 2.30. The summed E-state index contributed by atoms with van der Waals surface area (Å²) in [4.78, 5) is 26.7. The Labute approximate surface area is 169 Å². The number of nitrogens with one attached hydrogen (secondary N) is 1. The first-order valence-electron chi connectivity index (χ1n) is 9.67. The fourth-order valence-electron chi connectivity index (χ4n) is 4.15. The van der Waals surface area contributed by atoms with Gasteiger partial charge in [-0.15, -0.1) is 0 Å². The molecule has 1 N–H and O–H groups in total. The van der Waals surface area contributed by atoms with Crippen LogP contribution in [-0.2, 0) is 14.8 Å². The Balaban J connectivity index is 1.89. The van der Waals surface area contributed by atoms with Gasteiger partial charge in [-0.25, -0.2) is 17.2 Å². The SMILES string of the molecule is CS(=O)(=O)N1CCN(C(=O)c2cc(F)ccc2F)CCNC(=O)[C@H]2CCCC[C@H]21. The molecule has 2 atom stereocenters. The van der Waals surface area contributed by atoms with E-state index in [1.165, 1.54) is 9.21 Å². The summed E-state index contributed by atoms with van der Waals surface area (Å²) >= 11 is 0. The van der Waals surface area contributed by atoms with Crippen molar-refractivity contribution in [3.05, 3.63) is 35.4 Å². The smallest absolute Gasteiger partial charge is 0.257 e. The van der Waals surface area contributed by atoms with E-state index in [1.54, 1.807) is 0 Å². The summed E-state index contributed by atoms with van der Waals surface area (Å²) < 4.78 is 53.7. The van der Waals surface area contributed by atoms with Crippen LogP contribution >= 0.6 is 0 Å². The van der Waals surface area contributed by atoms with Gasteiger partial charge < -0.3 is 10.2 Å². The fraction of sp³-hybridized carbons (Fsp3) is 0.579. The number of benzene rings is 1. The van der Waals surface area contributed by atoms with Gasteiger partial charge in [0.15, 0.2) is 0 Å². The van der Waals surface area contributed by atoms with Crippen molar-refractivity contribution in [2.45, 2.75) is 31.7 Å². The first-order valence-corrected chi connectivity index (χ1v) is 11.5. The monoisotopic (exact) mass is 429 g/mol. The van der Waals surface area contributed by atoms with Gasteiger partial charge in [-0.1, -0.05) is 12.8 Å². The van der Waals surface area contributed by atoms with Crippen molar-refractivity contribution >= 4 is 21.8 Å². The zero-order valence-electron chi connectivity index (χ0n) is 16.2. The first kappa shape index (κ1) is 21.6. The van der Waals surface area contributed by atoms with E-state index in [-0.39, 0.29) is 32.1 Å². The lowest BCUT2D eigenvalue weighted by molar-refractivity contribution is -0.127. The maximum atomic E-state index is 14.1. The third-order valence-electron chi connectivity index (χ3n) is 5.58. The van der Waals surface area contributed by atoms with Gasteiger partial charge in [0.2, 0.25) is 15.9 Å². The van der Waals surface area contributed by atoms with Gasteiger partial charge in [0.25, 0.3) is 5.91 Å². The normalized spacial score (nSPS) is 24.5. The summed E-state index contributed by atoms with van der Waals surface area (Å²) in [7, 11) is -3.63. The summed E-state index contributed by atoms with van der Waals surface area (Å²) in [5, 5.41) is 2.76. The number of halogens is 2. The average molecular weight is 429 g/mol. The number of carbonyl (C=O) groups is 2. The van der Waals surface area contributed by atoms with Crippen LogP contribution in [0.15, 0.2) is 18.2 Å². The molecule has 0 aromatic heterocycles. The summed E-state index contributed by atoms with van der Waals surface area (Å²) in [5.74, 6) is -3.02. The number of carbonyl (C=O) groups excluding carboxylic acids is 2. The van der Waals surface area contributed by atoms with E-state index in [0.717, 1.165) is 37.3 Å². The van der Waals surface area contributed by atoms with Crippen molar-refractivity contribution in [2.75, 3.05) is 32.4 Å². The molecule has 0 bridgehead atoms. The molecule has 160 valence electrons. The molecule has 1 saturated carbocycles. The minimum absolute atomic E-state index is 0.00401. The van der Waals surface area contributed by atoms with Crippen LogP contribution in [0.5, 0.6) is 0 Å². The third-order valence-corrected chi connectivity index (χ3v) is 6.88. The average Bonchev–Trinajstić information content (AvgIpc) is 2.67. The highest BCUT2D eigenvalue weighted by molar-refractivity contribution is 7.88. The quantitative estimate of drug-likeness (QED) is 0.769. The van der Waals surface area contributed by atoms with Crippen LogP contribution in [0.4, 0.5) is 8.78 Å². The largest absolute Gasteiger partial charge is 0.354 e. The van der Waals surface area contributed by atoms with E-state index in [2.05, 4.69) is 5.32 Å². The van der Waals surface area contributed by atoms with Gasteiger partial charge in [-0.3, -0.25) is 9.59 Å². The van der Waals surface area contributed by atoms with Crippen molar-refractivity contribution in [2.24, 2.45) is 5.92 Å². The Hall–Kier alpha value is -2.07. The molecule has 1 saturated heterocycles. The Morgan fingerprint density at radius 1 is 1.14 bits per heavy atom. The number of fused-ring (bicyclic) bond motifs is 1. The molecule has 3 rings (SSSR count). The maximum absolute atomic E-state index is 14.1. The van der Waals surface area contributed by atoms with Crippen LogP contribution in [0, 0.1) is 17.6 Å². The van der Waals surface area contributed by atoms with Gasteiger partial charge in [0, 0.05) is 32.2 Å². The lowest BCUT2D eigenvalue weighted by Crippen LogP contribution is -2.55.